The first-order valence-electron chi connectivity index (χ1n) is 8.93. The Morgan fingerprint density at radius 3 is 2.57 bits per heavy atom. The molecule has 2 unspecified atom stereocenters. The minimum Gasteiger partial charge on any atom is -0.367 e. The zero-order valence-corrected chi connectivity index (χ0v) is 15.3. The maximum atomic E-state index is 13.0. The quantitative estimate of drug-likeness (QED) is 0.532. The second-order valence-corrected chi connectivity index (χ2v) is 6.66. The summed E-state index contributed by atoms with van der Waals surface area (Å²) < 4.78 is 0. The van der Waals surface area contributed by atoms with Crippen LogP contribution in [0.15, 0.2) is 59.6 Å². The number of imidazole rings is 1. The fourth-order valence-electron chi connectivity index (χ4n) is 3.42. The number of hydrogen-bond donors (Lipinski definition) is 4. The van der Waals surface area contributed by atoms with Gasteiger partial charge in [0.1, 0.15) is 11.5 Å². The van der Waals surface area contributed by atoms with Crippen LogP contribution in [0.5, 0.6) is 0 Å². The minimum atomic E-state index is -1.61. The van der Waals surface area contributed by atoms with Crippen molar-refractivity contribution in [2.75, 3.05) is 6.67 Å². The molecule has 1 aliphatic heterocycles. The number of rotatable bonds is 5. The molecule has 4 rings (SSSR count). The number of para-hydroxylation sites is 2. The van der Waals surface area contributed by atoms with Crippen molar-refractivity contribution in [1.29, 1.82) is 0 Å². The van der Waals surface area contributed by atoms with Crippen LogP contribution in [-0.4, -0.2) is 34.2 Å². The van der Waals surface area contributed by atoms with E-state index in [1.807, 2.05) is 61.5 Å². The number of benzene rings is 2. The highest BCUT2D eigenvalue weighted by molar-refractivity contribution is 6.47. The zero-order valence-electron chi connectivity index (χ0n) is 15.3. The average Bonchev–Trinajstić information content (AvgIpc) is 3.33. The van der Waals surface area contributed by atoms with Crippen molar-refractivity contribution >= 4 is 28.6 Å². The van der Waals surface area contributed by atoms with Gasteiger partial charge >= 0.3 is 0 Å². The Balaban J connectivity index is 1.69. The number of nitrogens with zero attached hydrogens (tertiary/aromatic N) is 2. The third kappa shape index (κ3) is 2.84. The van der Waals surface area contributed by atoms with Crippen LogP contribution < -0.4 is 16.4 Å². The molecule has 2 aromatic carbocycles. The van der Waals surface area contributed by atoms with Gasteiger partial charge in [0.25, 0.3) is 11.8 Å². The van der Waals surface area contributed by atoms with Crippen molar-refractivity contribution in [3.8, 4) is 0 Å². The van der Waals surface area contributed by atoms with Gasteiger partial charge in [-0.1, -0.05) is 42.5 Å². The molecule has 2 atom stereocenters. The van der Waals surface area contributed by atoms with E-state index in [4.69, 9.17) is 5.73 Å². The molecule has 0 saturated heterocycles. The van der Waals surface area contributed by atoms with Gasteiger partial charge in [-0.3, -0.25) is 19.9 Å². The lowest BCUT2D eigenvalue weighted by Gasteiger charge is -2.26. The van der Waals surface area contributed by atoms with E-state index in [0.717, 1.165) is 11.1 Å². The second kappa shape index (κ2) is 6.90. The Bertz CT molecular complexity index is 1040. The van der Waals surface area contributed by atoms with E-state index in [9.17, 15) is 9.59 Å². The lowest BCUT2D eigenvalue weighted by atomic mass is 9.91. The Morgan fingerprint density at radius 1 is 1.14 bits per heavy atom. The van der Waals surface area contributed by atoms with Crippen LogP contribution in [-0.2, 0) is 15.1 Å². The number of nitrogens with two attached hydrogens (primary N) is 1. The fraction of sp³-hybridized carbons (Fsp3) is 0.200. The number of carbonyl (C=O) groups excluding carboxylic acids is 2. The van der Waals surface area contributed by atoms with E-state index in [1.54, 1.807) is 0 Å². The zero-order chi connectivity index (χ0) is 19.7. The van der Waals surface area contributed by atoms with Gasteiger partial charge in [0.2, 0.25) is 5.54 Å². The van der Waals surface area contributed by atoms with Crippen molar-refractivity contribution in [2.24, 2.45) is 10.7 Å². The minimum absolute atomic E-state index is 0.00170. The molecule has 0 bridgehead atoms. The van der Waals surface area contributed by atoms with E-state index in [1.165, 1.54) is 0 Å². The lowest BCUT2D eigenvalue weighted by molar-refractivity contribution is -0.123. The third-order valence-electron chi connectivity index (χ3n) is 4.91. The number of nitrogens with one attached hydrogen (secondary N) is 3. The molecule has 0 aliphatic carbocycles. The van der Waals surface area contributed by atoms with Crippen molar-refractivity contribution in [3.05, 3.63) is 66.0 Å². The average molecular weight is 376 g/mol. The number of H-pyrrole nitrogens is 1. The molecule has 2 amide bonds. The van der Waals surface area contributed by atoms with Gasteiger partial charge in [0.05, 0.1) is 23.7 Å². The largest absolute Gasteiger partial charge is 0.367 e. The summed E-state index contributed by atoms with van der Waals surface area (Å²) in [4.78, 5) is 37.3. The van der Waals surface area contributed by atoms with Crippen LogP contribution >= 0.6 is 0 Å². The number of carbonyl (C=O) groups is 2. The molecule has 0 radical (unpaired) electrons. The number of aliphatic imine (C=N–C) groups is 1. The molecule has 0 saturated carbocycles. The van der Waals surface area contributed by atoms with Crippen molar-refractivity contribution in [2.45, 2.75) is 18.5 Å². The summed E-state index contributed by atoms with van der Waals surface area (Å²) in [5.41, 5.74) is 6.48. The Kier molecular flexibility index (Phi) is 4.40. The Labute approximate surface area is 161 Å². The van der Waals surface area contributed by atoms with Crippen molar-refractivity contribution < 1.29 is 9.59 Å². The van der Waals surface area contributed by atoms with E-state index in [2.05, 4.69) is 25.6 Å². The van der Waals surface area contributed by atoms with Gasteiger partial charge in [-0.25, -0.2) is 4.98 Å². The number of amides is 2. The lowest BCUT2D eigenvalue weighted by Crippen LogP contribution is -2.59. The molecule has 5 N–H and O–H groups in total. The Morgan fingerprint density at radius 2 is 1.86 bits per heavy atom. The summed E-state index contributed by atoms with van der Waals surface area (Å²) in [6, 6.07) is 16.6. The highest BCUT2D eigenvalue weighted by atomic mass is 16.2. The molecular weight excluding hydrogens is 356 g/mol. The number of hydrogen-bond acceptors (Lipinski definition) is 5. The monoisotopic (exact) mass is 376 g/mol. The van der Waals surface area contributed by atoms with Crippen molar-refractivity contribution in [3.63, 3.8) is 0 Å². The van der Waals surface area contributed by atoms with Crippen LogP contribution in [0.1, 0.15) is 24.4 Å². The highest BCUT2D eigenvalue weighted by Gasteiger charge is 2.52. The maximum absolute atomic E-state index is 13.0. The summed E-state index contributed by atoms with van der Waals surface area (Å²) in [5.74, 6) is -0.967. The highest BCUT2D eigenvalue weighted by Crippen LogP contribution is 2.27. The maximum Gasteiger partial charge on any atom is 0.268 e. The van der Waals surface area contributed by atoms with E-state index < -0.39 is 17.4 Å². The van der Waals surface area contributed by atoms with Crippen LogP contribution in [0.3, 0.4) is 0 Å². The van der Waals surface area contributed by atoms with Gasteiger partial charge in [-0.2, -0.15) is 0 Å². The molecule has 142 valence electrons. The summed E-state index contributed by atoms with van der Waals surface area (Å²) in [6.45, 7) is 1.95. The first-order valence-corrected chi connectivity index (χ1v) is 8.93. The number of fused-ring (bicyclic) bond motifs is 1. The van der Waals surface area contributed by atoms with E-state index >= 15 is 0 Å². The first kappa shape index (κ1) is 17.9. The van der Waals surface area contributed by atoms with Crippen molar-refractivity contribution in [1.82, 2.24) is 20.6 Å². The molecular formula is C20H20N6O2. The van der Waals surface area contributed by atoms with E-state index in [0.29, 0.717) is 5.52 Å². The number of aromatic nitrogens is 2. The SMILES string of the molecule is CC(NC(=O)C1=NCNC1(C(N)=O)c1nc2ccccc2[nH]1)c1ccccc1. The number of aromatic amines is 1. The van der Waals surface area contributed by atoms with Gasteiger partial charge in [-0.15, -0.1) is 0 Å². The molecule has 1 aliphatic rings. The topological polar surface area (TPSA) is 125 Å². The van der Waals surface area contributed by atoms with E-state index in [-0.39, 0.29) is 24.2 Å². The predicted molar refractivity (Wildman–Crippen MR) is 105 cm³/mol. The molecule has 0 spiro atoms. The standard InChI is InChI=1S/C20H20N6O2/c1-12(13-7-3-2-4-8-13)24-17(27)16-20(18(21)28,23-11-22-16)19-25-14-9-5-6-10-15(14)26-19/h2-10,12,23H,11H2,1H3,(H2,21,28)(H,24,27)(H,25,26). The fourth-order valence-corrected chi connectivity index (χ4v) is 3.42. The van der Waals surface area contributed by atoms with Crippen LogP contribution in [0.2, 0.25) is 0 Å². The molecule has 3 aromatic rings. The molecule has 8 nitrogen and oxygen atoms in total. The first-order chi connectivity index (χ1) is 13.5. The predicted octanol–water partition coefficient (Wildman–Crippen LogP) is 1.12. The Hall–Kier alpha value is -3.52. The van der Waals surface area contributed by atoms with Gasteiger partial charge in [0.15, 0.2) is 0 Å². The molecule has 8 heteroatoms. The summed E-state index contributed by atoms with van der Waals surface area (Å²) in [6.07, 6.45) is 0. The third-order valence-corrected chi connectivity index (χ3v) is 4.91. The summed E-state index contributed by atoms with van der Waals surface area (Å²) in [5, 5.41) is 5.85. The summed E-state index contributed by atoms with van der Waals surface area (Å²) >= 11 is 0. The normalized spacial score (nSPS) is 20.0. The van der Waals surface area contributed by atoms with Gasteiger partial charge in [-0.05, 0) is 24.6 Å². The molecule has 0 fully saturated rings. The number of primary amides is 1. The molecule has 2 heterocycles. The van der Waals surface area contributed by atoms with Gasteiger partial charge in [0, 0.05) is 0 Å². The smallest absolute Gasteiger partial charge is 0.268 e. The summed E-state index contributed by atoms with van der Waals surface area (Å²) in [7, 11) is 0. The molecule has 1 aromatic heterocycles. The second-order valence-electron chi connectivity index (χ2n) is 6.66. The van der Waals surface area contributed by atoms with Crippen LogP contribution in [0.4, 0.5) is 0 Å². The van der Waals surface area contributed by atoms with Crippen LogP contribution in [0, 0.1) is 0 Å². The van der Waals surface area contributed by atoms with Gasteiger partial charge < -0.3 is 16.0 Å². The van der Waals surface area contributed by atoms with Crippen LogP contribution in [0.25, 0.3) is 11.0 Å². The molecule has 28 heavy (non-hydrogen) atoms.